The van der Waals surface area contributed by atoms with Crippen molar-refractivity contribution in [3.05, 3.63) is 0 Å². The molecule has 0 saturated heterocycles. The molecule has 0 rings (SSSR count). The summed E-state index contributed by atoms with van der Waals surface area (Å²) < 4.78 is 0. The Bertz CT molecular complexity index is 74.0. The van der Waals surface area contributed by atoms with Gasteiger partial charge in [0.1, 0.15) is 0 Å². The van der Waals surface area contributed by atoms with Crippen molar-refractivity contribution in [1.82, 2.24) is 0 Å². The fourth-order valence-corrected chi connectivity index (χ4v) is 1.30. The maximum atomic E-state index is 2.33. The van der Waals surface area contributed by atoms with Crippen LogP contribution in [0.5, 0.6) is 0 Å². The molecule has 0 radical (unpaired) electrons. The Balaban J connectivity index is 0. The van der Waals surface area contributed by atoms with Crippen LogP contribution in [-0.2, 0) is 0 Å². The summed E-state index contributed by atoms with van der Waals surface area (Å²) in [6.07, 6.45) is 8.19. The molecule has 0 nitrogen and oxygen atoms in total. The third-order valence-electron chi connectivity index (χ3n) is 3.22. The molecule has 0 aliphatic rings. The van der Waals surface area contributed by atoms with E-state index in [4.69, 9.17) is 0 Å². The maximum Gasteiger partial charge on any atom is -0.0420 e. The van der Waals surface area contributed by atoms with Crippen LogP contribution in [0.4, 0.5) is 0 Å². The summed E-state index contributed by atoms with van der Waals surface area (Å²) >= 11 is 0. The van der Waals surface area contributed by atoms with Gasteiger partial charge in [-0.15, -0.1) is 0 Å². The third kappa shape index (κ3) is 12.0. The van der Waals surface area contributed by atoms with E-state index in [0.717, 1.165) is 11.8 Å². The molecule has 0 aliphatic carbocycles. The topological polar surface area (TPSA) is 0 Å². The highest BCUT2D eigenvalue weighted by Gasteiger charge is 2.05. The highest BCUT2D eigenvalue weighted by molar-refractivity contribution is 4.56. The zero-order valence-electron chi connectivity index (χ0n) is 11.4. The van der Waals surface area contributed by atoms with E-state index in [0.29, 0.717) is 0 Å². The molecule has 0 aromatic carbocycles. The molecule has 0 fully saturated rings. The molecule has 0 aromatic rings. The smallest absolute Gasteiger partial charge is 0.0420 e. The van der Waals surface area contributed by atoms with Crippen molar-refractivity contribution in [2.45, 2.75) is 80.1 Å². The Labute approximate surface area is 92.5 Å². The summed E-state index contributed by atoms with van der Waals surface area (Å²) in [5.41, 5.74) is 0. The van der Waals surface area contributed by atoms with Crippen LogP contribution in [0.25, 0.3) is 0 Å². The van der Waals surface area contributed by atoms with Crippen molar-refractivity contribution in [2.24, 2.45) is 11.8 Å². The Morgan fingerprint density at radius 3 is 1.07 bits per heavy atom. The quantitative estimate of drug-likeness (QED) is 0.485. The molecule has 0 heterocycles. The second-order valence-electron chi connectivity index (χ2n) is 4.48. The van der Waals surface area contributed by atoms with Crippen LogP contribution in [0.1, 0.15) is 80.1 Å². The molecule has 0 bridgehead atoms. The summed E-state index contributed by atoms with van der Waals surface area (Å²) in [6.45, 7) is 13.6. The molecular weight excluding hydrogens is 168 g/mol. The predicted molar refractivity (Wildman–Crippen MR) is 68.7 cm³/mol. The van der Waals surface area contributed by atoms with Crippen LogP contribution in [0.15, 0.2) is 0 Å². The predicted octanol–water partition coefficient (Wildman–Crippen LogP) is 5.67. The van der Waals surface area contributed by atoms with Gasteiger partial charge in [0.2, 0.25) is 0 Å². The summed E-state index contributed by atoms with van der Waals surface area (Å²) in [4.78, 5) is 0. The molecule has 2 atom stereocenters. The normalized spacial score (nSPS) is 14.1. The minimum Gasteiger partial charge on any atom is -0.0654 e. The fraction of sp³-hybridized carbons (Fsp3) is 1.00. The molecule has 88 valence electrons. The lowest BCUT2D eigenvalue weighted by Gasteiger charge is -2.14. The maximum absolute atomic E-state index is 2.33. The molecule has 2 unspecified atom stereocenters. The molecule has 0 amide bonds. The van der Waals surface area contributed by atoms with E-state index >= 15 is 0 Å². The lowest BCUT2D eigenvalue weighted by Crippen LogP contribution is -2.04. The Kier molecular flexibility index (Phi) is 15.3. The molecular formula is C14H32. The Morgan fingerprint density at radius 1 is 0.643 bits per heavy atom. The van der Waals surface area contributed by atoms with Gasteiger partial charge in [-0.05, 0) is 11.8 Å². The second kappa shape index (κ2) is 13.0. The minimum absolute atomic E-state index is 0.917. The van der Waals surface area contributed by atoms with Crippen molar-refractivity contribution in [3.8, 4) is 0 Å². The number of hydrogen-bond donors (Lipinski definition) is 0. The molecule has 0 aromatic heterocycles. The van der Waals surface area contributed by atoms with E-state index in [1.807, 2.05) is 0 Å². The fourth-order valence-electron chi connectivity index (χ4n) is 1.30. The van der Waals surface area contributed by atoms with Crippen molar-refractivity contribution < 1.29 is 0 Å². The van der Waals surface area contributed by atoms with E-state index in [9.17, 15) is 0 Å². The summed E-state index contributed by atoms with van der Waals surface area (Å²) in [5.74, 6) is 1.83. The van der Waals surface area contributed by atoms with Gasteiger partial charge in [-0.2, -0.15) is 0 Å². The van der Waals surface area contributed by atoms with Crippen LogP contribution >= 0.6 is 0 Å². The first kappa shape index (κ1) is 16.4. The van der Waals surface area contributed by atoms with E-state index < -0.39 is 0 Å². The van der Waals surface area contributed by atoms with Crippen LogP contribution < -0.4 is 0 Å². The van der Waals surface area contributed by atoms with Crippen LogP contribution in [0, 0.1) is 11.8 Å². The van der Waals surface area contributed by atoms with Crippen LogP contribution in [-0.4, -0.2) is 0 Å². The zero-order chi connectivity index (χ0) is 11.4. The molecule has 0 spiro atoms. The lowest BCUT2D eigenvalue weighted by atomic mass is 9.92. The molecule has 0 saturated carbocycles. The number of rotatable bonds is 6. The largest absolute Gasteiger partial charge is 0.0654 e. The van der Waals surface area contributed by atoms with Crippen molar-refractivity contribution >= 4 is 0 Å². The average Bonchev–Trinajstić information content (AvgIpc) is 2.24. The van der Waals surface area contributed by atoms with Crippen molar-refractivity contribution in [2.75, 3.05) is 0 Å². The van der Waals surface area contributed by atoms with E-state index in [-0.39, 0.29) is 0 Å². The van der Waals surface area contributed by atoms with E-state index in [2.05, 4.69) is 41.5 Å². The standard InChI is InChI=1S/C8H18.C6H14/c1-5-7(3)8(4)6-2;1-3-5-6-4-2/h7-8H,5-6H2,1-4H3;3-6H2,1-2H3. The van der Waals surface area contributed by atoms with Gasteiger partial charge in [-0.25, -0.2) is 0 Å². The lowest BCUT2D eigenvalue weighted by molar-refractivity contribution is 0.367. The van der Waals surface area contributed by atoms with Gasteiger partial charge < -0.3 is 0 Å². The van der Waals surface area contributed by atoms with E-state index in [1.54, 1.807) is 0 Å². The first-order valence-corrected chi connectivity index (χ1v) is 6.63. The summed E-state index contributed by atoms with van der Waals surface area (Å²) in [6, 6.07) is 0. The van der Waals surface area contributed by atoms with Gasteiger partial charge in [-0.1, -0.05) is 80.1 Å². The highest BCUT2D eigenvalue weighted by atomic mass is 14.1. The molecule has 0 aliphatic heterocycles. The van der Waals surface area contributed by atoms with Crippen LogP contribution in [0.2, 0.25) is 0 Å². The third-order valence-corrected chi connectivity index (χ3v) is 3.22. The van der Waals surface area contributed by atoms with Gasteiger partial charge in [0, 0.05) is 0 Å². The van der Waals surface area contributed by atoms with Crippen LogP contribution in [0.3, 0.4) is 0 Å². The zero-order valence-corrected chi connectivity index (χ0v) is 11.4. The van der Waals surface area contributed by atoms with Gasteiger partial charge in [0.05, 0.1) is 0 Å². The average molecular weight is 200 g/mol. The first-order valence-electron chi connectivity index (χ1n) is 6.63. The van der Waals surface area contributed by atoms with Gasteiger partial charge in [0.25, 0.3) is 0 Å². The summed E-state index contributed by atoms with van der Waals surface area (Å²) in [5, 5.41) is 0. The SMILES string of the molecule is CCC(C)C(C)CC.CCCCCC. The number of hydrogen-bond acceptors (Lipinski definition) is 0. The second-order valence-corrected chi connectivity index (χ2v) is 4.48. The Morgan fingerprint density at radius 2 is 0.929 bits per heavy atom. The highest BCUT2D eigenvalue weighted by Crippen LogP contribution is 2.16. The molecule has 0 N–H and O–H groups in total. The first-order chi connectivity index (χ1) is 6.63. The van der Waals surface area contributed by atoms with Gasteiger partial charge in [0.15, 0.2) is 0 Å². The Hall–Kier alpha value is 0. The molecule has 14 heavy (non-hydrogen) atoms. The van der Waals surface area contributed by atoms with Gasteiger partial charge >= 0.3 is 0 Å². The van der Waals surface area contributed by atoms with E-state index in [1.165, 1.54) is 38.5 Å². The summed E-state index contributed by atoms with van der Waals surface area (Å²) in [7, 11) is 0. The molecule has 0 heteroatoms. The van der Waals surface area contributed by atoms with Crippen molar-refractivity contribution in [3.63, 3.8) is 0 Å². The monoisotopic (exact) mass is 200 g/mol. The van der Waals surface area contributed by atoms with Gasteiger partial charge in [-0.3, -0.25) is 0 Å². The number of unbranched alkanes of at least 4 members (excludes halogenated alkanes) is 3. The van der Waals surface area contributed by atoms with Crippen molar-refractivity contribution in [1.29, 1.82) is 0 Å². The minimum atomic E-state index is 0.917.